The summed E-state index contributed by atoms with van der Waals surface area (Å²) >= 11 is 0. The highest BCUT2D eigenvalue weighted by Crippen LogP contribution is 2.13. The number of esters is 1. The van der Waals surface area contributed by atoms with Crippen molar-refractivity contribution in [2.75, 3.05) is 33.0 Å². The van der Waals surface area contributed by atoms with Crippen LogP contribution in [0.2, 0.25) is 0 Å². The molecule has 0 fully saturated rings. The van der Waals surface area contributed by atoms with Crippen LogP contribution in [0, 0.1) is 5.82 Å². The highest BCUT2D eigenvalue weighted by molar-refractivity contribution is 5.89. The minimum atomic E-state index is -0.682. The summed E-state index contributed by atoms with van der Waals surface area (Å²) in [5, 5.41) is 8.51. The van der Waals surface area contributed by atoms with Gasteiger partial charge in [0.1, 0.15) is 5.82 Å². The van der Waals surface area contributed by atoms with Crippen molar-refractivity contribution < 1.29 is 28.5 Å². The maximum absolute atomic E-state index is 13.5. The van der Waals surface area contributed by atoms with Crippen LogP contribution >= 0.6 is 0 Å². The largest absolute Gasteiger partial charge is 0.462 e. The van der Waals surface area contributed by atoms with Crippen LogP contribution in [0.1, 0.15) is 22.8 Å². The molecule has 1 rings (SSSR count). The van der Waals surface area contributed by atoms with Crippen molar-refractivity contribution in [3.63, 3.8) is 0 Å². The lowest BCUT2D eigenvalue weighted by Gasteiger charge is -2.08. The van der Waals surface area contributed by atoms with Gasteiger partial charge in [0, 0.05) is 0 Å². The number of hydrogen-bond acceptors (Lipinski definition) is 5. The fraction of sp³-hybridized carbons (Fsp3) is 0.500. The molecule has 0 heterocycles. The van der Waals surface area contributed by atoms with Crippen LogP contribution in [0.25, 0.3) is 0 Å². The second kappa shape index (κ2) is 9.41. The zero-order chi connectivity index (χ0) is 14.8. The highest BCUT2D eigenvalue weighted by Gasteiger charge is 2.13. The van der Waals surface area contributed by atoms with Gasteiger partial charge >= 0.3 is 5.97 Å². The molecule has 0 aliphatic carbocycles. The molecule has 1 aromatic rings. The van der Waals surface area contributed by atoms with E-state index in [9.17, 15) is 9.18 Å². The summed E-state index contributed by atoms with van der Waals surface area (Å²) in [5.41, 5.74) is 0.584. The van der Waals surface area contributed by atoms with E-state index in [2.05, 4.69) is 0 Å². The second-order valence-electron chi connectivity index (χ2n) is 3.92. The molecule has 0 amide bonds. The first-order valence-electron chi connectivity index (χ1n) is 6.41. The molecule has 0 atom stereocenters. The Morgan fingerprint density at radius 2 is 2.00 bits per heavy atom. The molecule has 0 bridgehead atoms. The minimum Gasteiger partial charge on any atom is -0.462 e. The zero-order valence-corrected chi connectivity index (χ0v) is 11.4. The summed E-state index contributed by atoms with van der Waals surface area (Å²) in [6, 6.07) is 4.18. The molecule has 1 N–H and O–H groups in total. The Morgan fingerprint density at radius 3 is 2.70 bits per heavy atom. The number of aliphatic hydroxyl groups is 1. The average Bonchev–Trinajstić information content (AvgIpc) is 2.44. The fourth-order valence-electron chi connectivity index (χ4n) is 1.50. The number of rotatable bonds is 9. The summed E-state index contributed by atoms with van der Waals surface area (Å²) in [7, 11) is 0. The van der Waals surface area contributed by atoms with E-state index in [0.29, 0.717) is 18.8 Å². The molecule has 0 aliphatic heterocycles. The highest BCUT2D eigenvalue weighted by atomic mass is 19.1. The molecule has 0 spiro atoms. The molecule has 0 unspecified atom stereocenters. The smallest absolute Gasteiger partial charge is 0.341 e. The lowest BCUT2D eigenvalue weighted by molar-refractivity contribution is 0.0273. The van der Waals surface area contributed by atoms with Crippen molar-refractivity contribution in [2.24, 2.45) is 0 Å². The van der Waals surface area contributed by atoms with E-state index in [1.165, 1.54) is 12.1 Å². The summed E-state index contributed by atoms with van der Waals surface area (Å²) in [6.45, 7) is 3.07. The van der Waals surface area contributed by atoms with Crippen LogP contribution in [-0.2, 0) is 20.8 Å². The zero-order valence-electron chi connectivity index (χ0n) is 11.4. The van der Waals surface area contributed by atoms with Crippen molar-refractivity contribution >= 4 is 5.97 Å². The molecule has 0 saturated carbocycles. The Balaban J connectivity index is 2.46. The fourth-order valence-corrected chi connectivity index (χ4v) is 1.50. The number of hydrogen-bond donors (Lipinski definition) is 1. The SMILES string of the molecule is CCOC(=O)c1cc(COCCOCCO)ccc1F. The van der Waals surface area contributed by atoms with Gasteiger partial charge in [-0.1, -0.05) is 6.07 Å². The van der Waals surface area contributed by atoms with Crippen molar-refractivity contribution in [1.29, 1.82) is 0 Å². The van der Waals surface area contributed by atoms with Gasteiger partial charge in [0.2, 0.25) is 0 Å². The lowest BCUT2D eigenvalue weighted by Crippen LogP contribution is -2.09. The molecular weight excluding hydrogens is 267 g/mol. The predicted molar refractivity (Wildman–Crippen MR) is 69.9 cm³/mol. The predicted octanol–water partition coefficient (Wildman–Crippen LogP) is 1.53. The van der Waals surface area contributed by atoms with Gasteiger partial charge in [0.25, 0.3) is 0 Å². The molecule has 112 valence electrons. The van der Waals surface area contributed by atoms with Gasteiger partial charge in [0.15, 0.2) is 0 Å². The van der Waals surface area contributed by atoms with E-state index in [4.69, 9.17) is 19.3 Å². The molecule has 1 aromatic carbocycles. The normalized spacial score (nSPS) is 10.6. The summed E-state index contributed by atoms with van der Waals surface area (Å²) in [5.74, 6) is -1.29. The third kappa shape index (κ3) is 5.64. The number of carbonyl (C=O) groups excluding carboxylic acids is 1. The number of ether oxygens (including phenoxy) is 3. The summed E-state index contributed by atoms with van der Waals surface area (Å²) in [4.78, 5) is 11.5. The monoisotopic (exact) mass is 286 g/mol. The number of aliphatic hydroxyl groups excluding tert-OH is 1. The molecule has 0 aromatic heterocycles. The Labute approximate surface area is 117 Å². The van der Waals surface area contributed by atoms with Gasteiger partial charge in [-0.25, -0.2) is 9.18 Å². The maximum atomic E-state index is 13.5. The standard InChI is InChI=1S/C14H19FO5/c1-2-20-14(17)12-9-11(3-4-13(12)15)10-19-8-7-18-6-5-16/h3-4,9,16H,2,5-8,10H2,1H3. The third-order valence-corrected chi connectivity index (χ3v) is 2.40. The van der Waals surface area contributed by atoms with Crippen LogP contribution in [-0.4, -0.2) is 44.1 Å². The van der Waals surface area contributed by atoms with Crippen molar-refractivity contribution in [3.8, 4) is 0 Å². The van der Waals surface area contributed by atoms with E-state index >= 15 is 0 Å². The molecule has 6 heteroatoms. The lowest BCUT2D eigenvalue weighted by atomic mass is 10.1. The Bertz CT molecular complexity index is 422. The van der Waals surface area contributed by atoms with Crippen LogP contribution in [0.3, 0.4) is 0 Å². The van der Waals surface area contributed by atoms with Gasteiger partial charge in [-0.05, 0) is 24.6 Å². The first-order chi connectivity index (χ1) is 9.69. The average molecular weight is 286 g/mol. The minimum absolute atomic E-state index is 0.0269. The van der Waals surface area contributed by atoms with Gasteiger partial charge in [-0.15, -0.1) is 0 Å². The van der Waals surface area contributed by atoms with Gasteiger partial charge < -0.3 is 19.3 Å². The molecule has 0 saturated heterocycles. The van der Waals surface area contributed by atoms with E-state index < -0.39 is 11.8 Å². The quantitative estimate of drug-likeness (QED) is 0.551. The maximum Gasteiger partial charge on any atom is 0.341 e. The van der Waals surface area contributed by atoms with Gasteiger partial charge in [0.05, 0.1) is 45.2 Å². The summed E-state index contributed by atoms with van der Waals surface area (Å²) in [6.07, 6.45) is 0. The van der Waals surface area contributed by atoms with Gasteiger partial charge in [-0.2, -0.15) is 0 Å². The van der Waals surface area contributed by atoms with E-state index in [1.54, 1.807) is 13.0 Å². The molecule has 0 radical (unpaired) electrons. The van der Waals surface area contributed by atoms with Gasteiger partial charge in [-0.3, -0.25) is 0 Å². The van der Waals surface area contributed by atoms with E-state index in [-0.39, 0.29) is 32.0 Å². The van der Waals surface area contributed by atoms with Crippen molar-refractivity contribution in [3.05, 3.63) is 35.1 Å². The van der Waals surface area contributed by atoms with Crippen LogP contribution in [0.15, 0.2) is 18.2 Å². The van der Waals surface area contributed by atoms with Crippen molar-refractivity contribution in [1.82, 2.24) is 0 Å². The van der Waals surface area contributed by atoms with E-state index in [0.717, 1.165) is 0 Å². The Morgan fingerprint density at radius 1 is 1.25 bits per heavy atom. The second-order valence-corrected chi connectivity index (χ2v) is 3.92. The first kappa shape index (κ1) is 16.6. The first-order valence-corrected chi connectivity index (χ1v) is 6.41. The summed E-state index contributed by atoms with van der Waals surface area (Å²) < 4.78 is 28.6. The third-order valence-electron chi connectivity index (χ3n) is 2.40. The van der Waals surface area contributed by atoms with Crippen LogP contribution < -0.4 is 0 Å². The van der Waals surface area contributed by atoms with Crippen LogP contribution in [0.5, 0.6) is 0 Å². The number of halogens is 1. The number of benzene rings is 1. The van der Waals surface area contributed by atoms with Crippen molar-refractivity contribution in [2.45, 2.75) is 13.5 Å². The molecule has 5 nitrogen and oxygen atoms in total. The topological polar surface area (TPSA) is 65.0 Å². The number of carbonyl (C=O) groups is 1. The molecular formula is C14H19FO5. The van der Waals surface area contributed by atoms with Crippen LogP contribution in [0.4, 0.5) is 4.39 Å². The molecule has 0 aliphatic rings. The Hall–Kier alpha value is -1.50. The van der Waals surface area contributed by atoms with E-state index in [1.807, 2.05) is 0 Å². The Kier molecular flexibility index (Phi) is 7.79. The molecule has 20 heavy (non-hydrogen) atoms.